The summed E-state index contributed by atoms with van der Waals surface area (Å²) in [5.74, 6) is 2.54. The van der Waals surface area contributed by atoms with Crippen LogP contribution in [0.4, 0.5) is 5.82 Å². The lowest BCUT2D eigenvalue weighted by Gasteiger charge is -2.37. The molecule has 1 unspecified atom stereocenters. The Labute approximate surface area is 178 Å². The highest BCUT2D eigenvalue weighted by atomic mass is 127. The zero-order valence-corrected chi connectivity index (χ0v) is 18.6. The van der Waals surface area contributed by atoms with Gasteiger partial charge in [-0.05, 0) is 24.5 Å². The van der Waals surface area contributed by atoms with Gasteiger partial charge < -0.3 is 15.1 Å². The topological polar surface area (TPSA) is 77.9 Å². The Morgan fingerprint density at radius 3 is 2.70 bits per heavy atom. The minimum absolute atomic E-state index is 0. The molecule has 2 fully saturated rings. The number of anilines is 1. The van der Waals surface area contributed by atoms with Crippen LogP contribution in [0.3, 0.4) is 0 Å². The van der Waals surface area contributed by atoms with E-state index in [-0.39, 0.29) is 35.6 Å². The van der Waals surface area contributed by atoms with E-state index in [1.165, 1.54) is 0 Å². The monoisotopic (exact) mass is 505 g/mol. The Balaban J connectivity index is 0.00000261. The van der Waals surface area contributed by atoms with E-state index in [1.54, 1.807) is 6.08 Å². The first-order valence-electron chi connectivity index (χ1n) is 9.08. The van der Waals surface area contributed by atoms with Gasteiger partial charge in [0, 0.05) is 45.5 Å². The Morgan fingerprint density at radius 1 is 1.33 bits per heavy atom. The van der Waals surface area contributed by atoms with Crippen molar-refractivity contribution < 1.29 is 8.42 Å². The van der Waals surface area contributed by atoms with E-state index in [4.69, 9.17) is 4.99 Å². The maximum Gasteiger partial charge on any atom is 0.194 e. The second-order valence-corrected chi connectivity index (χ2v) is 8.99. The third-order valence-corrected chi connectivity index (χ3v) is 6.62. The van der Waals surface area contributed by atoms with E-state index in [0.717, 1.165) is 38.0 Å². The van der Waals surface area contributed by atoms with Gasteiger partial charge in [0.25, 0.3) is 0 Å². The van der Waals surface area contributed by atoms with Crippen LogP contribution in [-0.2, 0) is 9.84 Å². The van der Waals surface area contributed by atoms with Crippen molar-refractivity contribution in [1.29, 1.82) is 0 Å². The molecule has 1 aromatic heterocycles. The number of hydrogen-bond donors (Lipinski definition) is 1. The Hall–Kier alpha value is -1.36. The van der Waals surface area contributed by atoms with Gasteiger partial charge in [0.2, 0.25) is 0 Å². The molecule has 9 heteroatoms. The summed E-state index contributed by atoms with van der Waals surface area (Å²) in [7, 11) is -2.86. The SMILES string of the molecule is C=CCNC(=NCC1CCS(=O)(=O)C1)N1CCN(c2ccccn2)CC1.I. The molecule has 2 saturated heterocycles. The summed E-state index contributed by atoms with van der Waals surface area (Å²) in [6, 6.07) is 5.96. The highest BCUT2D eigenvalue weighted by Gasteiger charge is 2.28. The Morgan fingerprint density at radius 2 is 2.11 bits per heavy atom. The van der Waals surface area contributed by atoms with Gasteiger partial charge in [0.05, 0.1) is 11.5 Å². The summed E-state index contributed by atoms with van der Waals surface area (Å²) >= 11 is 0. The second kappa shape index (κ2) is 10.3. The lowest BCUT2D eigenvalue weighted by atomic mass is 10.1. The third kappa shape index (κ3) is 6.34. The number of sulfone groups is 1. The van der Waals surface area contributed by atoms with Gasteiger partial charge >= 0.3 is 0 Å². The maximum absolute atomic E-state index is 11.6. The van der Waals surface area contributed by atoms with Crippen LogP contribution in [-0.4, -0.2) is 75.0 Å². The summed E-state index contributed by atoms with van der Waals surface area (Å²) in [5, 5.41) is 3.31. The Bertz CT molecular complexity index is 733. The second-order valence-electron chi connectivity index (χ2n) is 6.76. The van der Waals surface area contributed by atoms with Crippen molar-refractivity contribution in [2.24, 2.45) is 10.9 Å². The third-order valence-electron chi connectivity index (χ3n) is 4.78. The van der Waals surface area contributed by atoms with Crippen molar-refractivity contribution in [2.45, 2.75) is 6.42 Å². The van der Waals surface area contributed by atoms with Gasteiger partial charge in [-0.3, -0.25) is 4.99 Å². The summed E-state index contributed by atoms with van der Waals surface area (Å²) < 4.78 is 23.3. The fraction of sp³-hybridized carbons (Fsp3) is 0.556. The lowest BCUT2D eigenvalue weighted by molar-refractivity contribution is 0.371. The summed E-state index contributed by atoms with van der Waals surface area (Å²) in [5.41, 5.74) is 0. The van der Waals surface area contributed by atoms with Gasteiger partial charge in [0.15, 0.2) is 15.8 Å². The highest BCUT2D eigenvalue weighted by molar-refractivity contribution is 14.0. The molecule has 27 heavy (non-hydrogen) atoms. The molecule has 0 saturated carbocycles. The summed E-state index contributed by atoms with van der Waals surface area (Å²) in [6.07, 6.45) is 4.34. The number of pyridine rings is 1. The average molecular weight is 505 g/mol. The van der Waals surface area contributed by atoms with Crippen molar-refractivity contribution in [3.63, 3.8) is 0 Å². The zero-order valence-electron chi connectivity index (χ0n) is 15.5. The number of guanidine groups is 1. The van der Waals surface area contributed by atoms with Crippen LogP contribution >= 0.6 is 24.0 Å². The van der Waals surface area contributed by atoms with Crippen LogP contribution in [0.15, 0.2) is 42.0 Å². The number of aliphatic imine (C=N–C) groups is 1. The molecular weight excluding hydrogens is 477 g/mol. The molecular formula is C18H28IN5O2S. The average Bonchev–Trinajstić information content (AvgIpc) is 3.02. The van der Waals surface area contributed by atoms with Crippen molar-refractivity contribution in [1.82, 2.24) is 15.2 Å². The van der Waals surface area contributed by atoms with Crippen LogP contribution in [0.2, 0.25) is 0 Å². The molecule has 0 bridgehead atoms. The number of rotatable bonds is 5. The quantitative estimate of drug-likeness (QED) is 0.282. The molecule has 150 valence electrons. The van der Waals surface area contributed by atoms with Gasteiger partial charge in [-0.15, -0.1) is 30.6 Å². The zero-order chi connectivity index (χ0) is 18.4. The maximum atomic E-state index is 11.6. The largest absolute Gasteiger partial charge is 0.353 e. The summed E-state index contributed by atoms with van der Waals surface area (Å²) in [4.78, 5) is 13.6. The lowest BCUT2D eigenvalue weighted by Crippen LogP contribution is -2.53. The summed E-state index contributed by atoms with van der Waals surface area (Å²) in [6.45, 7) is 8.41. The molecule has 2 aliphatic heterocycles. The standard InChI is InChI=1S/C18H27N5O2S.HI/c1-2-7-20-18(21-14-16-6-13-26(24,25)15-16)23-11-9-22(10-12-23)17-5-3-4-8-19-17;/h2-5,8,16H,1,6-7,9-15H2,(H,20,21);1H. The Kier molecular flexibility index (Phi) is 8.33. The highest BCUT2D eigenvalue weighted by Crippen LogP contribution is 2.19. The fourth-order valence-electron chi connectivity index (χ4n) is 3.35. The van der Waals surface area contributed by atoms with E-state index in [9.17, 15) is 8.42 Å². The minimum atomic E-state index is -2.86. The number of nitrogens with one attached hydrogen (secondary N) is 1. The van der Waals surface area contributed by atoms with E-state index >= 15 is 0 Å². The predicted octanol–water partition coefficient (Wildman–Crippen LogP) is 1.39. The predicted molar refractivity (Wildman–Crippen MR) is 121 cm³/mol. The number of nitrogens with zero attached hydrogens (tertiary/aromatic N) is 4. The van der Waals surface area contributed by atoms with Crippen LogP contribution in [0.5, 0.6) is 0 Å². The van der Waals surface area contributed by atoms with E-state index in [0.29, 0.717) is 25.3 Å². The number of halogens is 1. The molecule has 0 spiro atoms. The molecule has 0 amide bonds. The first kappa shape index (κ1) is 21.9. The first-order valence-corrected chi connectivity index (χ1v) is 10.9. The molecule has 0 radical (unpaired) electrons. The van der Waals surface area contributed by atoms with Crippen LogP contribution in [0.1, 0.15) is 6.42 Å². The van der Waals surface area contributed by atoms with E-state index < -0.39 is 9.84 Å². The smallest absolute Gasteiger partial charge is 0.194 e. The van der Waals surface area contributed by atoms with Crippen molar-refractivity contribution in [2.75, 3.05) is 55.7 Å². The number of hydrogen-bond acceptors (Lipinski definition) is 5. The molecule has 0 aliphatic carbocycles. The van der Waals surface area contributed by atoms with Gasteiger partial charge in [-0.25, -0.2) is 13.4 Å². The van der Waals surface area contributed by atoms with E-state index in [1.807, 2.05) is 24.4 Å². The molecule has 1 aromatic rings. The van der Waals surface area contributed by atoms with Crippen LogP contribution in [0, 0.1) is 5.92 Å². The normalized spacial score (nSPS) is 22.2. The minimum Gasteiger partial charge on any atom is -0.353 e. The van der Waals surface area contributed by atoms with Crippen molar-refractivity contribution in [3.05, 3.63) is 37.1 Å². The molecule has 3 rings (SSSR count). The number of aromatic nitrogens is 1. The molecule has 2 aliphatic rings. The molecule has 3 heterocycles. The molecule has 1 atom stereocenters. The van der Waals surface area contributed by atoms with Gasteiger partial charge in [0.1, 0.15) is 5.82 Å². The van der Waals surface area contributed by atoms with Gasteiger partial charge in [-0.1, -0.05) is 12.1 Å². The van der Waals surface area contributed by atoms with Crippen LogP contribution in [0.25, 0.3) is 0 Å². The van der Waals surface area contributed by atoms with Crippen molar-refractivity contribution in [3.8, 4) is 0 Å². The molecule has 0 aromatic carbocycles. The van der Waals surface area contributed by atoms with E-state index in [2.05, 4.69) is 26.7 Å². The molecule has 1 N–H and O–H groups in total. The van der Waals surface area contributed by atoms with Crippen molar-refractivity contribution >= 4 is 45.6 Å². The first-order chi connectivity index (χ1) is 12.6. The molecule has 7 nitrogen and oxygen atoms in total. The van der Waals surface area contributed by atoms with Gasteiger partial charge in [-0.2, -0.15) is 0 Å². The number of piperazine rings is 1. The fourth-order valence-corrected chi connectivity index (χ4v) is 5.20. The van der Waals surface area contributed by atoms with Crippen LogP contribution < -0.4 is 10.2 Å².